The Bertz CT molecular complexity index is 733. The fourth-order valence-electron chi connectivity index (χ4n) is 3.39. The van der Waals surface area contributed by atoms with Gasteiger partial charge in [0, 0.05) is 22.5 Å². The topological polar surface area (TPSA) is 31.2 Å². The highest BCUT2D eigenvalue weighted by atomic mass is 16.5. The highest BCUT2D eigenvalue weighted by Crippen LogP contribution is 2.27. The second kappa shape index (κ2) is 6.84. The van der Waals surface area contributed by atoms with Gasteiger partial charge in [0.25, 0.3) is 0 Å². The second-order valence-electron chi connectivity index (χ2n) is 7.70. The van der Waals surface area contributed by atoms with Crippen LogP contribution in [0.2, 0.25) is 0 Å². The molecule has 0 spiro atoms. The summed E-state index contributed by atoms with van der Waals surface area (Å²) in [6, 6.07) is 9.90. The maximum Gasteiger partial charge on any atom is 0.202 e. The van der Waals surface area contributed by atoms with Gasteiger partial charge < -0.3 is 9.30 Å². The molecule has 1 heterocycles. The van der Waals surface area contributed by atoms with E-state index in [1.54, 1.807) is 0 Å². The normalized spacial score (nSPS) is 11.8. The van der Waals surface area contributed by atoms with E-state index in [1.165, 1.54) is 0 Å². The molecule has 0 fully saturated rings. The number of hydrogen-bond acceptors (Lipinski definition) is 2. The van der Waals surface area contributed by atoms with Crippen molar-refractivity contribution in [3.05, 3.63) is 52.8 Å². The monoisotopic (exact) mass is 327 g/mol. The second-order valence-corrected chi connectivity index (χ2v) is 7.70. The molecule has 0 unspecified atom stereocenters. The number of ether oxygens (including phenoxy) is 1. The Morgan fingerprint density at radius 2 is 1.79 bits per heavy atom. The lowest BCUT2D eigenvalue weighted by atomic mass is 10.0. The summed E-state index contributed by atoms with van der Waals surface area (Å²) < 4.78 is 8.06. The summed E-state index contributed by atoms with van der Waals surface area (Å²) in [5.74, 6) is 1.19. The molecule has 0 saturated carbocycles. The van der Waals surface area contributed by atoms with Crippen LogP contribution in [0.25, 0.3) is 0 Å². The van der Waals surface area contributed by atoms with Gasteiger partial charge in [0.05, 0.1) is 0 Å². The van der Waals surface area contributed by atoms with Crippen LogP contribution in [-0.2, 0) is 5.54 Å². The van der Waals surface area contributed by atoms with Crippen molar-refractivity contribution in [3.8, 4) is 5.75 Å². The Hall–Kier alpha value is -2.03. The molecule has 1 aromatic carbocycles. The largest absolute Gasteiger partial charge is 0.485 e. The number of ketones is 1. The van der Waals surface area contributed by atoms with E-state index in [0.717, 1.165) is 28.3 Å². The lowest BCUT2D eigenvalue weighted by molar-refractivity contribution is 0.0919. The molecule has 24 heavy (non-hydrogen) atoms. The third-order valence-electron chi connectivity index (χ3n) is 4.30. The first kappa shape index (κ1) is 18.3. The number of carbonyl (C=O) groups excluding carboxylic acids is 1. The van der Waals surface area contributed by atoms with Crippen molar-refractivity contribution in [2.24, 2.45) is 0 Å². The molecule has 0 saturated heterocycles. The van der Waals surface area contributed by atoms with Crippen molar-refractivity contribution in [2.75, 3.05) is 6.61 Å². The number of carbonyl (C=O) groups is 1. The van der Waals surface area contributed by atoms with E-state index < -0.39 is 0 Å². The summed E-state index contributed by atoms with van der Waals surface area (Å²) in [6.45, 7) is 14.8. The Morgan fingerprint density at radius 1 is 1.17 bits per heavy atom. The van der Waals surface area contributed by atoms with Gasteiger partial charge in [-0.2, -0.15) is 0 Å². The molecule has 0 aliphatic carbocycles. The maximum atomic E-state index is 12.7. The Morgan fingerprint density at radius 3 is 2.33 bits per heavy atom. The number of rotatable bonds is 5. The summed E-state index contributed by atoms with van der Waals surface area (Å²) >= 11 is 0. The fraction of sp³-hybridized carbons (Fsp3) is 0.476. The Kier molecular flexibility index (Phi) is 5.22. The number of para-hydroxylation sites is 1. The van der Waals surface area contributed by atoms with E-state index in [4.69, 9.17) is 4.74 Å². The first-order valence-corrected chi connectivity index (χ1v) is 8.57. The molecule has 0 N–H and O–H groups in total. The average Bonchev–Trinajstić information content (AvgIpc) is 2.79. The van der Waals surface area contributed by atoms with Crippen LogP contribution in [-0.4, -0.2) is 17.0 Å². The summed E-state index contributed by atoms with van der Waals surface area (Å²) in [5.41, 5.74) is 3.95. The molecule has 3 nitrogen and oxygen atoms in total. The van der Waals surface area contributed by atoms with E-state index >= 15 is 0 Å². The highest BCUT2D eigenvalue weighted by molar-refractivity contribution is 5.98. The third kappa shape index (κ3) is 3.72. The van der Waals surface area contributed by atoms with Crippen molar-refractivity contribution in [2.45, 2.75) is 59.9 Å². The summed E-state index contributed by atoms with van der Waals surface area (Å²) in [5, 5.41) is 0. The summed E-state index contributed by atoms with van der Waals surface area (Å²) in [7, 11) is 0. The highest BCUT2D eigenvalue weighted by Gasteiger charge is 2.23. The zero-order valence-electron chi connectivity index (χ0n) is 15.9. The van der Waals surface area contributed by atoms with Gasteiger partial charge >= 0.3 is 0 Å². The average molecular weight is 327 g/mol. The van der Waals surface area contributed by atoms with Gasteiger partial charge in [-0.3, -0.25) is 4.79 Å². The summed E-state index contributed by atoms with van der Waals surface area (Å²) in [4.78, 5) is 12.7. The van der Waals surface area contributed by atoms with Crippen LogP contribution in [0, 0.1) is 13.8 Å². The predicted molar refractivity (Wildman–Crippen MR) is 99.3 cm³/mol. The number of aromatic nitrogens is 1. The van der Waals surface area contributed by atoms with Gasteiger partial charge in [-0.15, -0.1) is 0 Å². The minimum atomic E-state index is -0.0439. The van der Waals surface area contributed by atoms with Crippen molar-refractivity contribution in [1.29, 1.82) is 0 Å². The summed E-state index contributed by atoms with van der Waals surface area (Å²) in [6.07, 6.45) is 0. The minimum Gasteiger partial charge on any atom is -0.485 e. The van der Waals surface area contributed by atoms with Crippen LogP contribution >= 0.6 is 0 Å². The quantitative estimate of drug-likeness (QED) is 0.703. The van der Waals surface area contributed by atoms with Crippen molar-refractivity contribution in [3.63, 3.8) is 0 Å². The lowest BCUT2D eigenvalue weighted by Gasteiger charge is -2.25. The Labute approximate surface area is 145 Å². The zero-order chi connectivity index (χ0) is 18.1. The van der Waals surface area contributed by atoms with Gasteiger partial charge in [-0.05, 0) is 58.2 Å². The van der Waals surface area contributed by atoms with E-state index in [-0.39, 0.29) is 17.9 Å². The van der Waals surface area contributed by atoms with E-state index in [0.29, 0.717) is 5.92 Å². The number of benzene rings is 1. The van der Waals surface area contributed by atoms with Crippen LogP contribution in [0.3, 0.4) is 0 Å². The van der Waals surface area contributed by atoms with E-state index in [2.05, 4.69) is 45.3 Å². The minimum absolute atomic E-state index is 0.0251. The molecule has 3 heteroatoms. The SMILES string of the molecule is Cc1cc(C(=O)COc2ccccc2C(C)C)c(C)n1C(C)(C)C. The van der Waals surface area contributed by atoms with E-state index in [1.807, 2.05) is 38.1 Å². The predicted octanol–water partition coefficient (Wildman–Crippen LogP) is 5.25. The van der Waals surface area contributed by atoms with Crippen molar-refractivity contribution < 1.29 is 9.53 Å². The first-order chi connectivity index (χ1) is 11.1. The molecule has 130 valence electrons. The van der Waals surface area contributed by atoms with Crippen LogP contribution in [0.1, 0.15) is 67.8 Å². The molecular weight excluding hydrogens is 298 g/mol. The van der Waals surface area contributed by atoms with Crippen molar-refractivity contribution >= 4 is 5.78 Å². The molecule has 0 radical (unpaired) electrons. The molecule has 0 aliphatic rings. The van der Waals surface area contributed by atoms with Gasteiger partial charge in [-0.1, -0.05) is 32.0 Å². The van der Waals surface area contributed by atoms with Gasteiger partial charge in [0.2, 0.25) is 5.78 Å². The lowest BCUT2D eigenvalue weighted by Crippen LogP contribution is -2.24. The molecule has 0 aliphatic heterocycles. The van der Waals surface area contributed by atoms with Gasteiger partial charge in [-0.25, -0.2) is 0 Å². The van der Waals surface area contributed by atoms with E-state index in [9.17, 15) is 4.79 Å². The molecular formula is C21H29NO2. The van der Waals surface area contributed by atoms with Crippen molar-refractivity contribution in [1.82, 2.24) is 4.57 Å². The fourth-order valence-corrected chi connectivity index (χ4v) is 3.39. The number of Topliss-reactive ketones (excluding diaryl/α,β-unsaturated/α-hetero) is 1. The number of hydrogen-bond donors (Lipinski definition) is 0. The van der Waals surface area contributed by atoms with Crippen LogP contribution < -0.4 is 4.74 Å². The molecule has 2 aromatic rings. The first-order valence-electron chi connectivity index (χ1n) is 8.57. The van der Waals surface area contributed by atoms with Crippen LogP contribution in [0.5, 0.6) is 5.75 Å². The third-order valence-corrected chi connectivity index (χ3v) is 4.30. The van der Waals surface area contributed by atoms with Crippen LogP contribution in [0.15, 0.2) is 30.3 Å². The molecule has 1 aromatic heterocycles. The molecule has 0 amide bonds. The molecule has 0 bridgehead atoms. The standard InChI is InChI=1S/C21H29NO2/c1-14(2)17-10-8-9-11-20(17)24-13-19(23)18-12-15(3)22(16(18)4)21(5,6)7/h8-12,14H,13H2,1-7H3. The van der Waals surface area contributed by atoms with Gasteiger partial charge in [0.15, 0.2) is 6.61 Å². The van der Waals surface area contributed by atoms with Gasteiger partial charge in [0.1, 0.15) is 5.75 Å². The number of nitrogens with zero attached hydrogens (tertiary/aromatic N) is 1. The smallest absolute Gasteiger partial charge is 0.202 e. The Balaban J connectivity index is 2.21. The number of aryl methyl sites for hydroxylation is 1. The molecule has 0 atom stereocenters. The van der Waals surface area contributed by atoms with Crippen LogP contribution in [0.4, 0.5) is 0 Å². The molecule has 2 rings (SSSR count). The maximum absolute atomic E-state index is 12.7. The zero-order valence-corrected chi connectivity index (χ0v) is 15.9.